The van der Waals surface area contributed by atoms with Crippen LogP contribution in [0.2, 0.25) is 0 Å². The van der Waals surface area contributed by atoms with E-state index in [0.717, 1.165) is 45.1 Å². The number of aryl methyl sites for hydroxylation is 1. The maximum Gasteiger partial charge on any atom is 0.418 e. The van der Waals surface area contributed by atoms with Crippen molar-refractivity contribution in [1.29, 1.82) is 0 Å². The Labute approximate surface area is 180 Å². The molecule has 1 amide bonds. The van der Waals surface area contributed by atoms with Crippen LogP contribution in [-0.4, -0.2) is 29.2 Å². The standard InChI is InChI=1S/C21H25N3O4S2/c1-13(2)11-18-14(3)19(20(29-18)30(27,28)23-21(25)26)17-7-5-16(6-8-17)12-24-10-9-22-15(24)4/h5-10,13,23H,11-12H2,1-4H3,(H,25,26). The molecule has 0 aliphatic heterocycles. The Morgan fingerprint density at radius 2 is 1.90 bits per heavy atom. The molecule has 9 heteroatoms. The molecule has 160 valence electrons. The number of thiophene rings is 1. The first-order valence-electron chi connectivity index (χ1n) is 9.53. The number of rotatable bonds is 7. The zero-order chi connectivity index (χ0) is 22.1. The van der Waals surface area contributed by atoms with Gasteiger partial charge in [-0.05, 0) is 42.9 Å². The Hall–Kier alpha value is -2.65. The van der Waals surface area contributed by atoms with Crippen LogP contribution in [0.25, 0.3) is 11.1 Å². The number of amides is 1. The number of carboxylic acid groups (broad SMARTS) is 1. The molecule has 2 heterocycles. The van der Waals surface area contributed by atoms with Crippen LogP contribution >= 0.6 is 11.3 Å². The van der Waals surface area contributed by atoms with Crippen molar-refractivity contribution in [3.63, 3.8) is 0 Å². The van der Waals surface area contributed by atoms with E-state index < -0.39 is 16.1 Å². The van der Waals surface area contributed by atoms with Crippen molar-refractivity contribution in [3.05, 3.63) is 58.5 Å². The van der Waals surface area contributed by atoms with Crippen LogP contribution in [-0.2, 0) is 23.0 Å². The molecule has 0 aliphatic carbocycles. The highest BCUT2D eigenvalue weighted by Crippen LogP contribution is 2.40. The summed E-state index contributed by atoms with van der Waals surface area (Å²) in [4.78, 5) is 16.2. The van der Waals surface area contributed by atoms with E-state index in [1.54, 1.807) is 10.9 Å². The molecule has 0 bridgehead atoms. The molecule has 3 aromatic rings. The van der Waals surface area contributed by atoms with Gasteiger partial charge in [0.05, 0.1) is 0 Å². The van der Waals surface area contributed by atoms with E-state index in [1.165, 1.54) is 0 Å². The molecule has 2 aromatic heterocycles. The van der Waals surface area contributed by atoms with Gasteiger partial charge in [-0.1, -0.05) is 38.1 Å². The van der Waals surface area contributed by atoms with Gasteiger partial charge in [0.15, 0.2) is 0 Å². The number of hydrogen-bond donors (Lipinski definition) is 2. The van der Waals surface area contributed by atoms with Crippen LogP contribution in [0.5, 0.6) is 0 Å². The molecule has 0 saturated carbocycles. The topological polar surface area (TPSA) is 101 Å². The van der Waals surface area contributed by atoms with Crippen LogP contribution in [0.4, 0.5) is 4.79 Å². The highest BCUT2D eigenvalue weighted by molar-refractivity contribution is 7.92. The number of nitrogens with one attached hydrogen (secondary N) is 1. The van der Waals surface area contributed by atoms with Crippen molar-refractivity contribution in [2.75, 3.05) is 0 Å². The van der Waals surface area contributed by atoms with Gasteiger partial charge >= 0.3 is 6.09 Å². The number of aromatic nitrogens is 2. The first kappa shape index (κ1) is 22.0. The third-order valence-electron chi connectivity index (χ3n) is 4.79. The lowest BCUT2D eigenvalue weighted by Gasteiger charge is -2.10. The maximum atomic E-state index is 12.7. The Kier molecular flexibility index (Phi) is 6.33. The van der Waals surface area contributed by atoms with Crippen LogP contribution in [0.3, 0.4) is 0 Å². The van der Waals surface area contributed by atoms with Crippen molar-refractivity contribution in [2.45, 2.75) is 44.9 Å². The van der Waals surface area contributed by atoms with Gasteiger partial charge in [-0.25, -0.2) is 22.9 Å². The minimum absolute atomic E-state index is 0.0382. The summed E-state index contributed by atoms with van der Waals surface area (Å²) in [6.07, 6.45) is 2.79. The lowest BCUT2D eigenvalue weighted by molar-refractivity contribution is 0.201. The Bertz CT molecular complexity index is 1160. The molecule has 0 fully saturated rings. The van der Waals surface area contributed by atoms with E-state index in [2.05, 4.69) is 18.8 Å². The van der Waals surface area contributed by atoms with E-state index >= 15 is 0 Å². The van der Waals surface area contributed by atoms with Gasteiger partial charge < -0.3 is 9.67 Å². The minimum Gasteiger partial charge on any atom is -0.464 e. The quantitative estimate of drug-likeness (QED) is 0.558. The second-order valence-corrected chi connectivity index (χ2v) is 10.6. The molecular weight excluding hydrogens is 422 g/mol. The fourth-order valence-corrected chi connectivity index (χ4v) is 6.32. The van der Waals surface area contributed by atoms with E-state index in [1.807, 2.05) is 48.9 Å². The maximum absolute atomic E-state index is 12.7. The van der Waals surface area contributed by atoms with E-state index in [4.69, 9.17) is 5.11 Å². The lowest BCUT2D eigenvalue weighted by atomic mass is 9.99. The summed E-state index contributed by atoms with van der Waals surface area (Å²) in [5.74, 6) is 1.26. The predicted octanol–water partition coefficient (Wildman–Crippen LogP) is 4.43. The van der Waals surface area contributed by atoms with Gasteiger partial charge in [-0.2, -0.15) is 0 Å². The SMILES string of the molecule is Cc1c(CC(C)C)sc(S(=O)(=O)NC(=O)O)c1-c1ccc(Cn2ccnc2C)cc1. The van der Waals surface area contributed by atoms with Crippen LogP contribution in [0, 0.1) is 19.8 Å². The third-order valence-corrected chi connectivity index (χ3v) is 7.94. The molecule has 1 aromatic carbocycles. The summed E-state index contributed by atoms with van der Waals surface area (Å²) in [7, 11) is -4.18. The summed E-state index contributed by atoms with van der Waals surface area (Å²) in [5.41, 5.74) is 3.24. The average Bonchev–Trinajstić information content (AvgIpc) is 3.19. The molecule has 0 saturated heterocycles. The molecule has 3 rings (SSSR count). The average molecular weight is 448 g/mol. The number of sulfonamides is 1. The Morgan fingerprint density at radius 3 is 2.43 bits per heavy atom. The fourth-order valence-electron chi connectivity index (χ4n) is 3.33. The monoisotopic (exact) mass is 447 g/mol. The summed E-state index contributed by atoms with van der Waals surface area (Å²) in [6, 6.07) is 7.68. The van der Waals surface area contributed by atoms with E-state index in [-0.39, 0.29) is 4.21 Å². The van der Waals surface area contributed by atoms with Gasteiger partial charge in [-0.3, -0.25) is 0 Å². The minimum atomic E-state index is -4.18. The van der Waals surface area contributed by atoms with Gasteiger partial charge in [0.2, 0.25) is 0 Å². The first-order chi connectivity index (χ1) is 14.1. The molecule has 30 heavy (non-hydrogen) atoms. The third kappa shape index (κ3) is 4.73. The van der Waals surface area contributed by atoms with Gasteiger partial charge in [0.25, 0.3) is 10.0 Å². The smallest absolute Gasteiger partial charge is 0.418 e. The molecule has 0 aliphatic rings. The number of imidazole rings is 1. The molecule has 0 unspecified atom stereocenters. The van der Waals surface area contributed by atoms with Gasteiger partial charge in [0, 0.05) is 29.4 Å². The zero-order valence-corrected chi connectivity index (χ0v) is 19.0. The van der Waals surface area contributed by atoms with Crippen molar-refractivity contribution in [2.24, 2.45) is 5.92 Å². The number of benzene rings is 1. The Balaban J connectivity index is 2.04. The van der Waals surface area contributed by atoms with Crippen molar-refractivity contribution in [3.8, 4) is 11.1 Å². The fraction of sp³-hybridized carbons (Fsp3) is 0.333. The van der Waals surface area contributed by atoms with Crippen molar-refractivity contribution in [1.82, 2.24) is 14.3 Å². The summed E-state index contributed by atoms with van der Waals surface area (Å²) in [6.45, 7) is 8.63. The summed E-state index contributed by atoms with van der Waals surface area (Å²) < 4.78 is 29.2. The van der Waals surface area contributed by atoms with Crippen molar-refractivity contribution < 1.29 is 18.3 Å². The number of hydrogen-bond acceptors (Lipinski definition) is 5. The summed E-state index contributed by atoms with van der Waals surface area (Å²) in [5, 5.41) is 8.98. The number of carbonyl (C=O) groups is 1. The second kappa shape index (κ2) is 8.61. The molecule has 2 N–H and O–H groups in total. The van der Waals surface area contributed by atoms with Gasteiger partial charge in [0.1, 0.15) is 10.0 Å². The lowest BCUT2D eigenvalue weighted by Crippen LogP contribution is -2.28. The van der Waals surface area contributed by atoms with E-state index in [9.17, 15) is 13.2 Å². The molecule has 0 atom stereocenters. The number of nitrogens with zero attached hydrogens (tertiary/aromatic N) is 2. The highest BCUT2D eigenvalue weighted by atomic mass is 32.2. The van der Waals surface area contributed by atoms with Crippen molar-refractivity contribution >= 4 is 27.5 Å². The molecule has 0 spiro atoms. The molecular formula is C21H25N3O4S2. The van der Waals surface area contributed by atoms with Crippen LogP contribution in [0.15, 0.2) is 40.9 Å². The molecule has 0 radical (unpaired) electrons. The van der Waals surface area contributed by atoms with Gasteiger partial charge in [-0.15, -0.1) is 11.3 Å². The second-order valence-electron chi connectivity index (χ2n) is 7.62. The predicted molar refractivity (Wildman–Crippen MR) is 117 cm³/mol. The normalized spacial score (nSPS) is 11.8. The Morgan fingerprint density at radius 1 is 1.23 bits per heavy atom. The largest absolute Gasteiger partial charge is 0.464 e. The summed E-state index contributed by atoms with van der Waals surface area (Å²) >= 11 is 1.14. The van der Waals surface area contributed by atoms with Crippen LogP contribution in [0.1, 0.15) is 35.7 Å². The van der Waals surface area contributed by atoms with E-state index in [0.29, 0.717) is 18.0 Å². The zero-order valence-electron chi connectivity index (χ0n) is 17.3. The highest BCUT2D eigenvalue weighted by Gasteiger charge is 2.28. The first-order valence-corrected chi connectivity index (χ1v) is 11.8. The molecule has 7 nitrogen and oxygen atoms in total. The van der Waals surface area contributed by atoms with Crippen LogP contribution < -0.4 is 4.72 Å².